The van der Waals surface area contributed by atoms with E-state index in [4.69, 9.17) is 0 Å². The number of nitrogens with zero attached hydrogens (tertiary/aromatic N) is 2. The first-order valence-corrected chi connectivity index (χ1v) is 6.01. The average molecular weight is 234 g/mol. The summed E-state index contributed by atoms with van der Waals surface area (Å²) in [5, 5.41) is 5.95. The lowest BCUT2D eigenvalue weighted by atomic mass is 9.75. The normalized spacial score (nSPS) is 17.1. The van der Waals surface area contributed by atoms with Gasteiger partial charge >= 0.3 is 0 Å². The van der Waals surface area contributed by atoms with Crippen LogP contribution in [0.4, 0.5) is 5.82 Å². The van der Waals surface area contributed by atoms with Crippen molar-refractivity contribution in [2.45, 2.75) is 38.1 Å². The number of hydrogen-bond acceptors (Lipinski definition) is 4. The second-order valence-electron chi connectivity index (χ2n) is 4.48. The largest absolute Gasteiger partial charge is 0.372 e. The van der Waals surface area contributed by atoms with Crippen molar-refractivity contribution in [1.29, 1.82) is 0 Å². The maximum Gasteiger partial charge on any atom is 0.272 e. The molecule has 0 aliphatic heterocycles. The predicted octanol–water partition coefficient (Wildman–Crippen LogP) is 1.58. The minimum atomic E-state index is -0.129. The number of carbonyl (C=O) groups excluding carboxylic acids is 1. The van der Waals surface area contributed by atoms with Crippen LogP contribution in [0.25, 0.3) is 0 Å². The molecule has 0 unspecified atom stereocenters. The van der Waals surface area contributed by atoms with E-state index in [1.807, 2.05) is 0 Å². The van der Waals surface area contributed by atoms with E-state index in [2.05, 4.69) is 27.5 Å². The van der Waals surface area contributed by atoms with E-state index in [1.54, 1.807) is 13.2 Å². The highest BCUT2D eigenvalue weighted by Crippen LogP contribution is 2.34. The molecule has 0 radical (unpaired) electrons. The Labute approximate surface area is 101 Å². The van der Waals surface area contributed by atoms with E-state index >= 15 is 0 Å². The Balaban J connectivity index is 2.08. The molecular weight excluding hydrogens is 216 g/mol. The summed E-state index contributed by atoms with van der Waals surface area (Å²) in [6.45, 7) is 2.11. The van der Waals surface area contributed by atoms with Crippen LogP contribution in [-0.4, -0.2) is 28.5 Å². The van der Waals surface area contributed by atoms with E-state index in [1.165, 1.54) is 12.6 Å². The van der Waals surface area contributed by atoms with Crippen molar-refractivity contribution >= 4 is 11.7 Å². The molecule has 0 aromatic carbocycles. The molecule has 1 saturated carbocycles. The number of carbonyl (C=O) groups is 1. The lowest BCUT2D eigenvalue weighted by Gasteiger charge is -2.41. The van der Waals surface area contributed by atoms with E-state index in [0.717, 1.165) is 19.3 Å². The van der Waals surface area contributed by atoms with Crippen molar-refractivity contribution in [1.82, 2.24) is 15.3 Å². The van der Waals surface area contributed by atoms with Crippen LogP contribution in [0, 0.1) is 0 Å². The Hall–Kier alpha value is -1.65. The van der Waals surface area contributed by atoms with Gasteiger partial charge in [-0.15, -0.1) is 0 Å². The number of anilines is 1. The Bertz CT molecular complexity index is 409. The molecule has 1 aliphatic carbocycles. The highest BCUT2D eigenvalue weighted by Gasteiger charge is 2.36. The number of amides is 1. The van der Waals surface area contributed by atoms with E-state index in [-0.39, 0.29) is 11.4 Å². The van der Waals surface area contributed by atoms with Gasteiger partial charge < -0.3 is 10.6 Å². The summed E-state index contributed by atoms with van der Waals surface area (Å²) in [4.78, 5) is 20.2. The molecule has 92 valence electrons. The van der Waals surface area contributed by atoms with Crippen molar-refractivity contribution < 1.29 is 4.79 Å². The summed E-state index contributed by atoms with van der Waals surface area (Å²) in [5.41, 5.74) is 0.366. The first-order chi connectivity index (χ1) is 8.19. The van der Waals surface area contributed by atoms with Gasteiger partial charge in [0, 0.05) is 12.6 Å². The van der Waals surface area contributed by atoms with Gasteiger partial charge in [-0.2, -0.15) is 0 Å². The van der Waals surface area contributed by atoms with Crippen molar-refractivity contribution in [3.8, 4) is 0 Å². The average Bonchev–Trinajstić information content (AvgIpc) is 2.33. The highest BCUT2D eigenvalue weighted by atomic mass is 16.2. The standard InChI is InChI=1S/C12H18N4O/c1-3-12(5-4-6-12)16-11(17)9-7-14-8-10(13-2)15-9/h7-8H,3-6H2,1-2H3,(H,13,15)(H,16,17). The minimum Gasteiger partial charge on any atom is -0.372 e. The summed E-state index contributed by atoms with van der Waals surface area (Å²) in [7, 11) is 1.76. The number of nitrogens with one attached hydrogen (secondary N) is 2. The Morgan fingerprint density at radius 1 is 1.47 bits per heavy atom. The molecule has 2 rings (SSSR count). The molecule has 17 heavy (non-hydrogen) atoms. The molecule has 1 aromatic heterocycles. The van der Waals surface area contributed by atoms with Crippen molar-refractivity contribution in [3.63, 3.8) is 0 Å². The fraction of sp³-hybridized carbons (Fsp3) is 0.583. The second-order valence-corrected chi connectivity index (χ2v) is 4.48. The van der Waals surface area contributed by atoms with Crippen LogP contribution in [-0.2, 0) is 0 Å². The molecule has 1 amide bonds. The van der Waals surface area contributed by atoms with Crippen LogP contribution in [0.5, 0.6) is 0 Å². The van der Waals surface area contributed by atoms with Crippen LogP contribution in [0.3, 0.4) is 0 Å². The van der Waals surface area contributed by atoms with Gasteiger partial charge in [0.25, 0.3) is 5.91 Å². The number of aromatic nitrogens is 2. The molecular formula is C12H18N4O. The fourth-order valence-corrected chi connectivity index (χ4v) is 2.07. The smallest absolute Gasteiger partial charge is 0.272 e. The van der Waals surface area contributed by atoms with Crippen LogP contribution in [0.15, 0.2) is 12.4 Å². The second kappa shape index (κ2) is 4.69. The van der Waals surface area contributed by atoms with Crippen LogP contribution in [0.2, 0.25) is 0 Å². The maximum absolute atomic E-state index is 12.0. The van der Waals surface area contributed by atoms with E-state index in [9.17, 15) is 4.79 Å². The Morgan fingerprint density at radius 2 is 2.24 bits per heavy atom. The topological polar surface area (TPSA) is 66.9 Å². The lowest BCUT2D eigenvalue weighted by molar-refractivity contribution is 0.0815. The zero-order valence-electron chi connectivity index (χ0n) is 10.3. The molecule has 1 aliphatic rings. The monoisotopic (exact) mass is 234 g/mol. The molecule has 0 atom stereocenters. The summed E-state index contributed by atoms with van der Waals surface area (Å²) in [5.74, 6) is 0.480. The minimum absolute atomic E-state index is 0.00554. The predicted molar refractivity (Wildman–Crippen MR) is 65.9 cm³/mol. The van der Waals surface area contributed by atoms with Gasteiger partial charge in [-0.3, -0.25) is 9.78 Å². The van der Waals surface area contributed by atoms with Gasteiger partial charge in [-0.05, 0) is 25.7 Å². The van der Waals surface area contributed by atoms with E-state index < -0.39 is 0 Å². The molecule has 5 heteroatoms. The molecule has 1 fully saturated rings. The Morgan fingerprint density at radius 3 is 2.76 bits per heavy atom. The zero-order valence-corrected chi connectivity index (χ0v) is 10.3. The summed E-state index contributed by atoms with van der Waals surface area (Å²) < 4.78 is 0. The number of hydrogen-bond donors (Lipinski definition) is 2. The van der Waals surface area contributed by atoms with Gasteiger partial charge in [-0.25, -0.2) is 4.98 Å². The molecule has 2 N–H and O–H groups in total. The molecule has 1 aromatic rings. The summed E-state index contributed by atoms with van der Waals surface area (Å²) in [6.07, 6.45) is 7.38. The SMILES string of the molecule is CCC1(NC(=O)c2cncc(NC)n2)CCC1. The quantitative estimate of drug-likeness (QED) is 0.830. The number of rotatable bonds is 4. The van der Waals surface area contributed by atoms with Gasteiger partial charge in [-0.1, -0.05) is 6.92 Å². The molecule has 1 heterocycles. The van der Waals surface area contributed by atoms with E-state index in [0.29, 0.717) is 11.5 Å². The van der Waals surface area contributed by atoms with Crippen LogP contribution >= 0.6 is 0 Å². The highest BCUT2D eigenvalue weighted by molar-refractivity contribution is 5.92. The lowest BCUT2D eigenvalue weighted by Crippen LogP contribution is -2.53. The van der Waals surface area contributed by atoms with Crippen LogP contribution in [0.1, 0.15) is 43.1 Å². The van der Waals surface area contributed by atoms with Crippen LogP contribution < -0.4 is 10.6 Å². The first kappa shape index (κ1) is 11.8. The molecule has 0 spiro atoms. The van der Waals surface area contributed by atoms with Gasteiger partial charge in [0.15, 0.2) is 0 Å². The van der Waals surface area contributed by atoms with Crippen molar-refractivity contribution in [2.75, 3.05) is 12.4 Å². The fourth-order valence-electron chi connectivity index (χ4n) is 2.07. The Kier molecular flexibility index (Phi) is 3.26. The molecule has 0 bridgehead atoms. The maximum atomic E-state index is 12.0. The first-order valence-electron chi connectivity index (χ1n) is 6.01. The van der Waals surface area contributed by atoms with Crippen molar-refractivity contribution in [3.05, 3.63) is 18.1 Å². The van der Waals surface area contributed by atoms with Gasteiger partial charge in [0.2, 0.25) is 0 Å². The summed E-state index contributed by atoms with van der Waals surface area (Å²) >= 11 is 0. The van der Waals surface area contributed by atoms with Gasteiger partial charge in [0.1, 0.15) is 11.5 Å². The third-order valence-corrected chi connectivity index (χ3v) is 3.49. The zero-order chi connectivity index (χ0) is 12.3. The third kappa shape index (κ3) is 2.38. The molecule has 5 nitrogen and oxygen atoms in total. The summed E-state index contributed by atoms with van der Waals surface area (Å²) in [6, 6.07) is 0. The molecule has 0 saturated heterocycles. The van der Waals surface area contributed by atoms with Gasteiger partial charge in [0.05, 0.1) is 12.4 Å². The third-order valence-electron chi connectivity index (χ3n) is 3.49. The van der Waals surface area contributed by atoms with Crippen molar-refractivity contribution in [2.24, 2.45) is 0 Å².